The van der Waals surface area contributed by atoms with Gasteiger partial charge >= 0.3 is 0 Å². The van der Waals surface area contributed by atoms with E-state index in [-0.39, 0.29) is 5.75 Å². The van der Waals surface area contributed by atoms with Crippen LogP contribution in [0, 0.1) is 0 Å². The Morgan fingerprint density at radius 3 is 2.29 bits per heavy atom. The summed E-state index contributed by atoms with van der Waals surface area (Å²) in [6.07, 6.45) is 3.79. The zero-order valence-electron chi connectivity index (χ0n) is 8.57. The zero-order valence-corrected chi connectivity index (χ0v) is 8.57. The van der Waals surface area contributed by atoms with Crippen LogP contribution in [0.25, 0.3) is 6.08 Å². The van der Waals surface area contributed by atoms with Crippen LogP contribution in [0.5, 0.6) is 17.2 Å². The van der Waals surface area contributed by atoms with Crippen LogP contribution in [0.3, 0.4) is 0 Å². The van der Waals surface area contributed by atoms with Gasteiger partial charge in [0.05, 0.1) is 14.2 Å². The molecule has 1 rings (SSSR count). The van der Waals surface area contributed by atoms with E-state index in [2.05, 4.69) is 0 Å². The number of hydrogen-bond acceptors (Lipinski definition) is 3. The lowest BCUT2D eigenvalue weighted by molar-refractivity contribution is 0.365. The lowest BCUT2D eigenvalue weighted by Crippen LogP contribution is -1.90. The minimum absolute atomic E-state index is 0.0811. The lowest BCUT2D eigenvalue weighted by atomic mass is 10.1. The maximum Gasteiger partial charge on any atom is 0.161 e. The standard InChI is InChI=1S/C11H14O3/c1-4-5-8-6-11(14-3)9(12)7-10(8)13-2/h4-7,12H,1-3H3. The molecule has 76 valence electrons. The molecule has 0 aliphatic rings. The number of phenolic OH excluding ortho intramolecular Hbond substituents is 1. The van der Waals surface area contributed by atoms with E-state index < -0.39 is 0 Å². The summed E-state index contributed by atoms with van der Waals surface area (Å²) in [6.45, 7) is 1.92. The van der Waals surface area contributed by atoms with Gasteiger partial charge in [-0.2, -0.15) is 0 Å². The summed E-state index contributed by atoms with van der Waals surface area (Å²) in [6, 6.07) is 3.27. The summed E-state index contributed by atoms with van der Waals surface area (Å²) >= 11 is 0. The van der Waals surface area contributed by atoms with Crippen molar-refractivity contribution in [3.63, 3.8) is 0 Å². The summed E-state index contributed by atoms with van der Waals surface area (Å²) in [5, 5.41) is 9.49. The molecular weight excluding hydrogens is 180 g/mol. The average molecular weight is 194 g/mol. The van der Waals surface area contributed by atoms with Crippen molar-refractivity contribution >= 4 is 6.08 Å². The molecule has 0 amide bonds. The van der Waals surface area contributed by atoms with Gasteiger partial charge in [0, 0.05) is 11.6 Å². The topological polar surface area (TPSA) is 38.7 Å². The predicted octanol–water partition coefficient (Wildman–Crippen LogP) is 2.44. The monoisotopic (exact) mass is 194 g/mol. The van der Waals surface area contributed by atoms with Crippen LogP contribution in [0.15, 0.2) is 18.2 Å². The third kappa shape index (κ3) is 1.99. The summed E-state index contributed by atoms with van der Waals surface area (Å²) in [5.74, 6) is 1.15. The molecule has 3 nitrogen and oxygen atoms in total. The first-order chi connectivity index (χ1) is 6.72. The van der Waals surface area contributed by atoms with Crippen LogP contribution in [0.4, 0.5) is 0 Å². The number of allylic oxidation sites excluding steroid dienone is 1. The Morgan fingerprint density at radius 1 is 1.14 bits per heavy atom. The van der Waals surface area contributed by atoms with E-state index >= 15 is 0 Å². The molecule has 0 atom stereocenters. The van der Waals surface area contributed by atoms with Gasteiger partial charge in [-0.15, -0.1) is 0 Å². The summed E-state index contributed by atoms with van der Waals surface area (Å²) < 4.78 is 10.1. The number of phenols is 1. The van der Waals surface area contributed by atoms with Crippen molar-refractivity contribution in [3.8, 4) is 17.2 Å². The van der Waals surface area contributed by atoms with E-state index in [4.69, 9.17) is 9.47 Å². The molecule has 1 aromatic carbocycles. The van der Waals surface area contributed by atoms with Crippen LogP contribution >= 0.6 is 0 Å². The Hall–Kier alpha value is -1.64. The van der Waals surface area contributed by atoms with E-state index in [9.17, 15) is 5.11 Å². The maximum absolute atomic E-state index is 9.49. The van der Waals surface area contributed by atoms with E-state index in [1.807, 2.05) is 19.1 Å². The zero-order chi connectivity index (χ0) is 10.6. The van der Waals surface area contributed by atoms with Crippen molar-refractivity contribution in [1.29, 1.82) is 0 Å². The molecule has 1 aromatic rings. The van der Waals surface area contributed by atoms with Crippen molar-refractivity contribution < 1.29 is 14.6 Å². The van der Waals surface area contributed by atoms with Gasteiger partial charge in [0.15, 0.2) is 11.5 Å². The van der Waals surface area contributed by atoms with Gasteiger partial charge in [0.2, 0.25) is 0 Å². The Balaban J connectivity index is 3.24. The molecule has 0 radical (unpaired) electrons. The predicted molar refractivity (Wildman–Crippen MR) is 55.9 cm³/mol. The lowest BCUT2D eigenvalue weighted by Gasteiger charge is -2.09. The number of rotatable bonds is 3. The third-order valence-electron chi connectivity index (χ3n) is 1.88. The molecule has 0 aliphatic heterocycles. The normalized spacial score (nSPS) is 10.5. The van der Waals surface area contributed by atoms with Crippen LogP contribution in [-0.4, -0.2) is 19.3 Å². The molecule has 0 unspecified atom stereocenters. The molecule has 0 spiro atoms. The molecule has 0 bridgehead atoms. The largest absolute Gasteiger partial charge is 0.504 e. The summed E-state index contributed by atoms with van der Waals surface area (Å²) in [4.78, 5) is 0. The van der Waals surface area contributed by atoms with Crippen LogP contribution in [0.1, 0.15) is 12.5 Å². The fourth-order valence-electron chi connectivity index (χ4n) is 1.22. The first kappa shape index (κ1) is 10.4. The number of ether oxygens (including phenoxy) is 2. The van der Waals surface area contributed by atoms with Gasteiger partial charge in [-0.05, 0) is 13.0 Å². The smallest absolute Gasteiger partial charge is 0.161 e. The molecule has 0 fully saturated rings. The number of hydrogen-bond donors (Lipinski definition) is 1. The second-order valence-electron chi connectivity index (χ2n) is 2.77. The fourth-order valence-corrected chi connectivity index (χ4v) is 1.22. The average Bonchev–Trinajstić information content (AvgIpc) is 2.20. The Kier molecular flexibility index (Phi) is 3.40. The Morgan fingerprint density at radius 2 is 1.79 bits per heavy atom. The van der Waals surface area contributed by atoms with E-state index in [1.165, 1.54) is 13.2 Å². The SMILES string of the molecule is CC=Cc1cc(OC)c(O)cc1OC. The van der Waals surface area contributed by atoms with Crippen molar-refractivity contribution in [1.82, 2.24) is 0 Å². The van der Waals surface area contributed by atoms with Crippen molar-refractivity contribution in [2.24, 2.45) is 0 Å². The van der Waals surface area contributed by atoms with Gasteiger partial charge in [-0.1, -0.05) is 12.2 Å². The second-order valence-corrected chi connectivity index (χ2v) is 2.77. The van der Waals surface area contributed by atoms with Gasteiger partial charge in [0.25, 0.3) is 0 Å². The quantitative estimate of drug-likeness (QED) is 0.803. The number of benzene rings is 1. The van der Waals surface area contributed by atoms with Gasteiger partial charge < -0.3 is 14.6 Å². The molecule has 0 aliphatic carbocycles. The molecular formula is C11H14O3. The summed E-state index contributed by atoms with van der Waals surface area (Å²) in [7, 11) is 3.08. The maximum atomic E-state index is 9.49. The fraction of sp³-hybridized carbons (Fsp3) is 0.273. The Bertz CT molecular complexity index is 343. The Labute approximate surface area is 83.6 Å². The highest BCUT2D eigenvalue weighted by molar-refractivity contribution is 5.62. The molecule has 14 heavy (non-hydrogen) atoms. The third-order valence-corrected chi connectivity index (χ3v) is 1.88. The van der Waals surface area contributed by atoms with Crippen molar-refractivity contribution in [2.75, 3.05) is 14.2 Å². The highest BCUT2D eigenvalue weighted by atomic mass is 16.5. The number of methoxy groups -OCH3 is 2. The first-order valence-electron chi connectivity index (χ1n) is 4.30. The van der Waals surface area contributed by atoms with Crippen LogP contribution in [0.2, 0.25) is 0 Å². The van der Waals surface area contributed by atoms with E-state index in [1.54, 1.807) is 13.2 Å². The van der Waals surface area contributed by atoms with Gasteiger partial charge in [-0.3, -0.25) is 0 Å². The second kappa shape index (κ2) is 4.56. The molecule has 1 N–H and O–H groups in total. The van der Waals surface area contributed by atoms with Crippen LogP contribution < -0.4 is 9.47 Å². The minimum Gasteiger partial charge on any atom is -0.504 e. The first-order valence-corrected chi connectivity index (χ1v) is 4.30. The van der Waals surface area contributed by atoms with Gasteiger partial charge in [-0.25, -0.2) is 0 Å². The van der Waals surface area contributed by atoms with E-state index in [0.717, 1.165) is 5.56 Å². The highest BCUT2D eigenvalue weighted by Crippen LogP contribution is 2.34. The molecule has 0 saturated carbocycles. The highest BCUT2D eigenvalue weighted by Gasteiger charge is 2.07. The van der Waals surface area contributed by atoms with Crippen molar-refractivity contribution in [3.05, 3.63) is 23.8 Å². The molecule has 0 saturated heterocycles. The number of aromatic hydroxyl groups is 1. The molecule has 0 aromatic heterocycles. The minimum atomic E-state index is 0.0811. The van der Waals surface area contributed by atoms with Crippen LogP contribution in [-0.2, 0) is 0 Å². The molecule has 0 heterocycles. The summed E-state index contributed by atoms with van der Waals surface area (Å²) in [5.41, 5.74) is 0.879. The van der Waals surface area contributed by atoms with Gasteiger partial charge in [0.1, 0.15) is 5.75 Å². The van der Waals surface area contributed by atoms with Crippen molar-refractivity contribution in [2.45, 2.75) is 6.92 Å². The molecule has 3 heteroatoms. The van der Waals surface area contributed by atoms with E-state index in [0.29, 0.717) is 11.5 Å².